The van der Waals surface area contributed by atoms with E-state index in [-0.39, 0.29) is 6.84 Å². The van der Waals surface area contributed by atoms with Gasteiger partial charge in [-0.2, -0.15) is 0 Å². The van der Waals surface area contributed by atoms with Gasteiger partial charge in [-0.1, -0.05) is 25.2 Å². The summed E-state index contributed by atoms with van der Waals surface area (Å²) in [5.41, 5.74) is 1.36. The molecule has 0 bridgehead atoms. The van der Waals surface area contributed by atoms with E-state index in [1.54, 1.807) is 0 Å². The van der Waals surface area contributed by atoms with Gasteiger partial charge in [-0.3, -0.25) is 0 Å². The highest BCUT2D eigenvalue weighted by Crippen LogP contribution is 2.33. The van der Waals surface area contributed by atoms with E-state index in [1.165, 1.54) is 5.70 Å². The minimum absolute atomic E-state index is 0. The Hall–Kier alpha value is -0.980. The van der Waals surface area contributed by atoms with Crippen LogP contribution in [0.4, 0.5) is 0 Å². The highest BCUT2D eigenvalue weighted by molar-refractivity contribution is 5.28. The second-order valence-corrected chi connectivity index (χ2v) is 3.08. The van der Waals surface area contributed by atoms with Crippen LogP contribution in [0.15, 0.2) is 36.6 Å². The Balaban J connectivity index is 0.00000121. The fraction of sp³-hybridized carbons (Fsp3) is 0.400. The van der Waals surface area contributed by atoms with Crippen molar-refractivity contribution >= 4 is 0 Å². The largest absolute Gasteiger partial charge is 0.391 e. The molecule has 0 heterocycles. The summed E-state index contributed by atoms with van der Waals surface area (Å²) in [7, 11) is 1.95. The van der Waals surface area contributed by atoms with E-state index >= 15 is 0 Å². The quantitative estimate of drug-likeness (QED) is 0.598. The molecule has 1 heteroatoms. The molecule has 0 spiro atoms. The van der Waals surface area contributed by atoms with Gasteiger partial charge in [-0.05, 0) is 12.5 Å². The molecule has 1 aliphatic carbocycles. The number of hydrogen-bond donors (Lipinski definition) is 1. The highest BCUT2D eigenvalue weighted by atomic mass is 14.9. The van der Waals surface area contributed by atoms with Gasteiger partial charge in [0.05, 0.1) is 0 Å². The highest BCUT2D eigenvalue weighted by Gasteiger charge is 2.24. The molecule has 0 aliphatic heterocycles. The van der Waals surface area contributed by atoms with Crippen molar-refractivity contribution in [2.45, 2.75) is 13.3 Å². The van der Waals surface area contributed by atoms with Crippen LogP contribution < -0.4 is 5.32 Å². The first-order valence-corrected chi connectivity index (χ1v) is 3.91. The summed E-state index contributed by atoms with van der Waals surface area (Å²) < 4.78 is 0. The maximum Gasteiger partial charge on any atom is 0.0283 e. The molecule has 0 aromatic carbocycles. The summed E-state index contributed by atoms with van der Waals surface area (Å²) in [6, 6.07) is 0. The SMILES string of the molecule is C=CC1(C)CC=CC=C1NC.[HH]. The summed E-state index contributed by atoms with van der Waals surface area (Å²) in [5.74, 6) is 0. The maximum atomic E-state index is 3.84. The zero-order chi connectivity index (χ0) is 8.32. The van der Waals surface area contributed by atoms with Crippen molar-refractivity contribution in [1.82, 2.24) is 5.32 Å². The molecule has 1 N–H and O–H groups in total. The number of nitrogens with one attached hydrogen (secondary N) is 1. The van der Waals surface area contributed by atoms with Crippen LogP contribution in [0, 0.1) is 5.41 Å². The Morgan fingerprint density at radius 3 is 3.00 bits per heavy atom. The van der Waals surface area contributed by atoms with Gasteiger partial charge in [0.1, 0.15) is 0 Å². The molecule has 0 radical (unpaired) electrons. The lowest BCUT2D eigenvalue weighted by Gasteiger charge is -2.29. The minimum atomic E-state index is 0. The Bertz CT molecular complexity index is 218. The maximum absolute atomic E-state index is 3.84. The molecule has 1 unspecified atom stereocenters. The summed E-state index contributed by atoms with van der Waals surface area (Å²) in [4.78, 5) is 0. The van der Waals surface area contributed by atoms with E-state index in [0.29, 0.717) is 0 Å². The smallest absolute Gasteiger partial charge is 0.0283 e. The third kappa shape index (κ3) is 1.37. The summed E-state index contributed by atoms with van der Waals surface area (Å²) >= 11 is 0. The molecule has 11 heavy (non-hydrogen) atoms. The van der Waals surface area contributed by atoms with Crippen molar-refractivity contribution in [2.24, 2.45) is 5.41 Å². The Morgan fingerprint density at radius 1 is 1.82 bits per heavy atom. The predicted octanol–water partition coefficient (Wildman–Crippen LogP) is 2.49. The van der Waals surface area contributed by atoms with E-state index in [0.717, 1.165) is 6.42 Å². The van der Waals surface area contributed by atoms with Crippen molar-refractivity contribution in [3.8, 4) is 0 Å². The van der Waals surface area contributed by atoms with Gasteiger partial charge in [-0.25, -0.2) is 0 Å². The van der Waals surface area contributed by atoms with Crippen molar-refractivity contribution < 1.29 is 1.43 Å². The van der Waals surface area contributed by atoms with Crippen LogP contribution in [0.1, 0.15) is 14.8 Å². The molecule has 0 fully saturated rings. The van der Waals surface area contributed by atoms with E-state index in [2.05, 4.69) is 37.0 Å². The normalized spacial score (nSPS) is 29.5. The average molecular weight is 151 g/mol. The van der Waals surface area contributed by atoms with Gasteiger partial charge >= 0.3 is 0 Å². The third-order valence-corrected chi connectivity index (χ3v) is 2.28. The van der Waals surface area contributed by atoms with Crippen LogP contribution in [-0.4, -0.2) is 7.05 Å². The first-order chi connectivity index (χ1) is 5.23. The molecule has 0 aromatic heterocycles. The summed E-state index contributed by atoms with van der Waals surface area (Å²) in [6.45, 7) is 6.03. The molecule has 1 atom stereocenters. The Morgan fingerprint density at radius 2 is 2.55 bits per heavy atom. The Kier molecular flexibility index (Phi) is 2.18. The lowest BCUT2D eigenvalue weighted by atomic mass is 9.80. The van der Waals surface area contributed by atoms with Gasteiger partial charge in [0.15, 0.2) is 0 Å². The molecule has 62 valence electrons. The lowest BCUT2D eigenvalue weighted by molar-refractivity contribution is 0.486. The molecule has 1 nitrogen and oxygen atoms in total. The van der Waals surface area contributed by atoms with Crippen LogP contribution in [0.25, 0.3) is 0 Å². The number of rotatable bonds is 2. The van der Waals surface area contributed by atoms with E-state index < -0.39 is 0 Å². The lowest BCUT2D eigenvalue weighted by Crippen LogP contribution is -2.25. The molecule has 1 aliphatic rings. The summed E-state index contributed by atoms with van der Waals surface area (Å²) in [6.07, 6.45) is 9.40. The molecular weight excluding hydrogens is 134 g/mol. The third-order valence-electron chi connectivity index (χ3n) is 2.28. The molecule has 1 rings (SSSR count). The zero-order valence-electron chi connectivity index (χ0n) is 7.22. The van der Waals surface area contributed by atoms with Crippen LogP contribution in [0.3, 0.4) is 0 Å². The van der Waals surface area contributed by atoms with Gasteiger partial charge in [0.2, 0.25) is 0 Å². The second-order valence-electron chi connectivity index (χ2n) is 3.08. The molecule has 0 aromatic rings. The average Bonchev–Trinajstić information content (AvgIpc) is 2.05. The van der Waals surface area contributed by atoms with Crippen molar-refractivity contribution in [3.05, 3.63) is 36.6 Å². The van der Waals surface area contributed by atoms with Crippen LogP contribution >= 0.6 is 0 Å². The topological polar surface area (TPSA) is 12.0 Å². The standard InChI is InChI=1S/C10H15N.H2/c1-4-10(2)8-6-5-7-9(10)11-3;/h4-7,11H,1,8H2,2-3H3;1H. The fourth-order valence-electron chi connectivity index (χ4n) is 1.34. The molecule has 0 saturated carbocycles. The second kappa shape index (κ2) is 2.95. The van der Waals surface area contributed by atoms with Gasteiger partial charge in [-0.15, -0.1) is 6.58 Å². The summed E-state index contributed by atoms with van der Waals surface area (Å²) in [5, 5.41) is 3.18. The van der Waals surface area contributed by atoms with Gasteiger partial charge in [0.25, 0.3) is 0 Å². The number of allylic oxidation sites excluding steroid dienone is 4. The number of hydrogen-bond acceptors (Lipinski definition) is 1. The molecular formula is C10H17N. The zero-order valence-corrected chi connectivity index (χ0v) is 7.22. The van der Waals surface area contributed by atoms with E-state index in [4.69, 9.17) is 0 Å². The van der Waals surface area contributed by atoms with Crippen LogP contribution in [0.2, 0.25) is 0 Å². The predicted molar refractivity (Wildman–Crippen MR) is 51.3 cm³/mol. The van der Waals surface area contributed by atoms with Crippen molar-refractivity contribution in [2.75, 3.05) is 7.05 Å². The monoisotopic (exact) mass is 151 g/mol. The van der Waals surface area contributed by atoms with E-state index in [1.807, 2.05) is 13.1 Å². The first-order valence-electron chi connectivity index (χ1n) is 3.91. The van der Waals surface area contributed by atoms with Crippen molar-refractivity contribution in [3.63, 3.8) is 0 Å². The fourth-order valence-corrected chi connectivity index (χ4v) is 1.34. The van der Waals surface area contributed by atoms with Gasteiger partial charge < -0.3 is 5.32 Å². The molecule has 0 saturated heterocycles. The van der Waals surface area contributed by atoms with E-state index in [9.17, 15) is 0 Å². The van der Waals surface area contributed by atoms with Gasteiger partial charge in [0, 0.05) is 19.6 Å². The minimum Gasteiger partial charge on any atom is -0.391 e. The molecule has 0 amide bonds. The van der Waals surface area contributed by atoms with Crippen molar-refractivity contribution in [1.29, 1.82) is 0 Å². The van der Waals surface area contributed by atoms with Crippen LogP contribution in [-0.2, 0) is 0 Å². The Labute approximate surface area is 70.0 Å². The first kappa shape index (κ1) is 8.12. The van der Waals surface area contributed by atoms with Crippen LogP contribution in [0.5, 0.6) is 0 Å².